The van der Waals surface area contributed by atoms with Gasteiger partial charge in [-0.25, -0.2) is 0 Å². The van der Waals surface area contributed by atoms with Gasteiger partial charge in [-0.15, -0.1) is 0 Å². The molecule has 17 heteroatoms. The van der Waals surface area contributed by atoms with Crippen molar-refractivity contribution >= 4 is 5.91 Å². The molecule has 13 fully saturated rings. The van der Waals surface area contributed by atoms with Crippen molar-refractivity contribution in [1.29, 1.82) is 0 Å². The first kappa shape index (κ1) is 128. The standard InChI is InChI=1S/C18H35N3.C16H33N3.C16H32N2.C16H34N2.C16H33N.C15H30N2.C14H28N2O.C12H25N/c1-17(2,3)20-8-14(9-20)7-19-10-15-12-21(18(4,5)6)13-16(15)11-19;1-15(2,3)18-9-7-17(8-10-18)11-14-12-19(13-14)16(4,5)6;1-14(2,3)10-17-11-16(12-17)8-7-9-18(13-16)15(4,5)6;1-15(2,3)9-7-8-10-17-11-13-18(14-12-17)16(4,5)6;1-15(2,3)10-7-11-17-12-8-14(9-13-17)16(4,5)6;1-14(2,3)13-10-16(11-13)7-12-8-17(9-12)15(4,5)6;1-13(2,3)11-15-7-9-16(10-8-15)12(17)14(4,5)6;1-11(2,3)7-10-8-13(9-10)12(4,5)6/h14-16H,7-13H2,1-6H3;14H,7-13H2,1-6H3;7-13H2,1-6H3;7-14H2,1-6H3;14H,7-13H2,1-6H3;12-13H,7-11H2,1-6H3;7-11H2,1-6H3;10H,7-9H2,1-6H3. The number of unbranched alkanes of at least 4 members (excludes halogenated alkanes) is 1. The van der Waals surface area contributed by atoms with Crippen molar-refractivity contribution in [3.8, 4) is 0 Å². The molecular formula is C123H250N16O. The van der Waals surface area contributed by atoms with Crippen molar-refractivity contribution in [2.45, 2.75) is 441 Å². The molecule has 0 aromatic carbocycles. The van der Waals surface area contributed by atoms with E-state index in [1.54, 1.807) is 0 Å². The Hall–Kier alpha value is -1.13. The van der Waals surface area contributed by atoms with Gasteiger partial charge >= 0.3 is 0 Å². The summed E-state index contributed by atoms with van der Waals surface area (Å²) in [5, 5.41) is 0. The fourth-order valence-electron chi connectivity index (χ4n) is 24.0. The topological polar surface area (TPSA) is 68.9 Å². The van der Waals surface area contributed by atoms with Crippen LogP contribution in [0, 0.1) is 96.1 Å². The number of piperidine rings is 2. The highest BCUT2D eigenvalue weighted by Crippen LogP contribution is 2.45. The second kappa shape index (κ2) is 51.1. The smallest absolute Gasteiger partial charge is 0.228 e. The van der Waals surface area contributed by atoms with Crippen molar-refractivity contribution in [3.05, 3.63) is 0 Å². The van der Waals surface area contributed by atoms with Gasteiger partial charge in [-0.2, -0.15) is 0 Å². The molecule has 2 unspecified atom stereocenters. The summed E-state index contributed by atoms with van der Waals surface area (Å²) in [5.74, 6) is 7.69. The molecule has 0 aromatic heterocycles. The number of hydrogen-bond acceptors (Lipinski definition) is 16. The van der Waals surface area contributed by atoms with Crippen LogP contribution in [0.2, 0.25) is 0 Å². The molecule has 13 aliphatic heterocycles. The van der Waals surface area contributed by atoms with Gasteiger partial charge in [0.2, 0.25) is 5.91 Å². The zero-order valence-electron chi connectivity index (χ0n) is 104. The largest absolute Gasteiger partial charge is 0.340 e. The van der Waals surface area contributed by atoms with E-state index in [-0.39, 0.29) is 11.3 Å². The molecular weight excluding hydrogens is 1720 g/mol. The maximum Gasteiger partial charge on any atom is 0.228 e. The first-order valence-electron chi connectivity index (χ1n) is 58.6. The fourth-order valence-corrected chi connectivity index (χ4v) is 24.0. The summed E-state index contributed by atoms with van der Waals surface area (Å²) >= 11 is 0. The van der Waals surface area contributed by atoms with Crippen LogP contribution in [0.5, 0.6) is 0 Å². The number of rotatable bonds is 16. The summed E-state index contributed by atoms with van der Waals surface area (Å²) in [6, 6.07) is 0. The number of hydrogen-bond donors (Lipinski definition) is 0. The maximum absolute atomic E-state index is 12.1. The number of nitrogens with zero attached hydrogens (tertiary/aromatic N) is 16. The highest BCUT2D eigenvalue weighted by Gasteiger charge is 2.50. The van der Waals surface area contributed by atoms with Crippen molar-refractivity contribution in [2.24, 2.45) is 96.1 Å². The Kier molecular flexibility index (Phi) is 46.5. The molecule has 0 aliphatic carbocycles. The van der Waals surface area contributed by atoms with E-state index in [1.165, 1.54) is 287 Å². The molecule has 828 valence electrons. The number of carbonyl (C=O) groups is 1. The molecule has 2 atom stereocenters. The zero-order chi connectivity index (χ0) is 107. The number of piperazine rings is 3. The van der Waals surface area contributed by atoms with Gasteiger partial charge < -0.3 is 34.3 Å². The molecule has 1 amide bonds. The van der Waals surface area contributed by atoms with Gasteiger partial charge in [0.25, 0.3) is 0 Å². The average Bonchev–Trinajstić information content (AvgIpc) is 0.945. The van der Waals surface area contributed by atoms with Crippen LogP contribution in [0.1, 0.15) is 397 Å². The van der Waals surface area contributed by atoms with E-state index >= 15 is 0 Å². The lowest BCUT2D eigenvalue weighted by Gasteiger charge is -2.58. The minimum atomic E-state index is -0.244. The number of carbonyl (C=O) groups excluding carboxylic acids is 1. The van der Waals surface area contributed by atoms with Crippen molar-refractivity contribution in [2.75, 3.05) is 255 Å². The van der Waals surface area contributed by atoms with Crippen LogP contribution >= 0.6 is 0 Å². The second-order valence-corrected chi connectivity index (χ2v) is 65.5. The first-order valence-corrected chi connectivity index (χ1v) is 58.6. The van der Waals surface area contributed by atoms with E-state index in [4.69, 9.17) is 0 Å². The van der Waals surface area contributed by atoms with Crippen LogP contribution in [-0.2, 0) is 4.79 Å². The summed E-state index contributed by atoms with van der Waals surface area (Å²) in [4.78, 5) is 53.7. The Morgan fingerprint density at radius 1 is 0.250 bits per heavy atom. The minimum absolute atomic E-state index is 0.244. The SMILES string of the molecule is CC(C)(C)C1CN(CC2CN(C(C)(C)C)C2)C1.CC(C)(C)CC1CN(C(C)(C)C)C1.CC(C)(C)CCCCN1CCN(C(C)(C)C)CC1.CC(C)(C)CCCN1CCC(C(C)(C)C)CC1.CC(C)(C)CN1CC2(CCCN(C(C)(C)C)C2)C1.CC(C)(C)CN1CCN(C(=O)C(C)(C)C)CC1.CC(C)(C)N1CC(CN2CC3CN(C(C)(C)C)CC3C2)C1.CC(C)(C)N1CCN(CC2CN(C(C)(C)C)C2)CC1. The monoisotopic (exact) mass is 1970 g/mol. The van der Waals surface area contributed by atoms with Crippen LogP contribution in [0.3, 0.4) is 0 Å². The number of fused-ring (bicyclic) bond motifs is 1. The Morgan fingerprint density at radius 3 is 0.907 bits per heavy atom. The predicted molar refractivity (Wildman–Crippen MR) is 614 cm³/mol. The Balaban J connectivity index is 0.000000246. The Labute approximate surface area is 876 Å². The molecule has 0 N–H and O–H groups in total. The van der Waals surface area contributed by atoms with Gasteiger partial charge in [-0.3, -0.25) is 48.9 Å². The van der Waals surface area contributed by atoms with Crippen molar-refractivity contribution in [1.82, 2.24) is 78.4 Å². The van der Waals surface area contributed by atoms with E-state index in [1.807, 2.05) is 25.7 Å². The summed E-state index contributed by atoms with van der Waals surface area (Å²) < 4.78 is 0. The molecule has 0 aromatic rings. The van der Waals surface area contributed by atoms with Crippen LogP contribution < -0.4 is 0 Å². The highest BCUT2D eigenvalue weighted by atomic mass is 16.2. The van der Waals surface area contributed by atoms with Crippen LogP contribution in [0.25, 0.3) is 0 Å². The molecule has 13 rings (SSSR count). The van der Waals surface area contributed by atoms with Gasteiger partial charge in [0.15, 0.2) is 0 Å². The first-order chi connectivity index (χ1) is 63.2. The second-order valence-electron chi connectivity index (χ2n) is 65.5. The highest BCUT2D eigenvalue weighted by molar-refractivity contribution is 5.81. The van der Waals surface area contributed by atoms with Gasteiger partial charge in [-0.05, 0) is 342 Å². The summed E-state index contributed by atoms with van der Waals surface area (Å²) in [7, 11) is 0. The lowest BCUT2D eigenvalue weighted by atomic mass is 9.71. The maximum atomic E-state index is 12.1. The van der Waals surface area contributed by atoms with Crippen molar-refractivity contribution in [3.63, 3.8) is 0 Å². The zero-order valence-corrected chi connectivity index (χ0v) is 104. The molecule has 0 radical (unpaired) electrons. The van der Waals surface area contributed by atoms with Crippen LogP contribution in [0.4, 0.5) is 0 Å². The molecule has 13 heterocycles. The molecule has 13 aliphatic rings. The van der Waals surface area contributed by atoms with Gasteiger partial charge in [-0.1, -0.05) is 173 Å². The number of amides is 1. The lowest BCUT2D eigenvalue weighted by Crippen LogP contribution is -2.65. The molecule has 1 spiro atoms. The molecule has 17 nitrogen and oxygen atoms in total. The van der Waals surface area contributed by atoms with Gasteiger partial charge in [0, 0.05) is 278 Å². The van der Waals surface area contributed by atoms with Crippen molar-refractivity contribution < 1.29 is 4.79 Å². The van der Waals surface area contributed by atoms with Crippen LogP contribution in [0.15, 0.2) is 0 Å². The van der Waals surface area contributed by atoms with Gasteiger partial charge in [0.05, 0.1) is 0 Å². The van der Waals surface area contributed by atoms with Gasteiger partial charge in [0.1, 0.15) is 0 Å². The Bertz CT molecular complexity index is 3400. The van der Waals surface area contributed by atoms with E-state index in [0.29, 0.717) is 87.6 Å². The predicted octanol–water partition coefficient (Wildman–Crippen LogP) is 24.0. The summed E-state index contributed by atoms with van der Waals surface area (Å²) in [6.07, 6.45) is 13.8. The normalized spacial score (nSPS) is 24.5. The Morgan fingerprint density at radius 2 is 0.564 bits per heavy atom. The van der Waals surface area contributed by atoms with E-state index in [0.717, 1.165) is 80.1 Å². The molecule has 13 saturated heterocycles. The molecule has 140 heavy (non-hydrogen) atoms. The number of likely N-dealkylation sites (tertiary alicyclic amines) is 10. The van der Waals surface area contributed by atoms with E-state index < -0.39 is 0 Å². The quantitative estimate of drug-likeness (QED) is 0.138. The minimum Gasteiger partial charge on any atom is -0.340 e. The third kappa shape index (κ3) is 46.6. The summed E-state index contributed by atoms with van der Waals surface area (Å²) in [5.41, 5.74) is 6.58. The van der Waals surface area contributed by atoms with E-state index in [2.05, 4.69) is 385 Å². The average molecular weight is 1970 g/mol. The van der Waals surface area contributed by atoms with E-state index in [9.17, 15) is 4.79 Å². The lowest BCUT2D eigenvalue weighted by molar-refractivity contribution is -0.141. The summed E-state index contributed by atoms with van der Waals surface area (Å²) in [6.45, 7) is 160. The third-order valence-corrected chi connectivity index (χ3v) is 33.7. The fraction of sp³-hybridized carbons (Fsp3) is 0.992. The molecule has 0 saturated carbocycles. The molecule has 0 bridgehead atoms. The van der Waals surface area contributed by atoms with Crippen LogP contribution in [-0.4, -0.2) is 384 Å². The third-order valence-electron chi connectivity index (χ3n) is 33.7.